The third-order valence-corrected chi connectivity index (χ3v) is 6.11. The van der Waals surface area contributed by atoms with Gasteiger partial charge in [0.1, 0.15) is 6.04 Å². The molecule has 1 unspecified atom stereocenters. The zero-order valence-corrected chi connectivity index (χ0v) is 17.5. The summed E-state index contributed by atoms with van der Waals surface area (Å²) in [5.41, 5.74) is 9.01. The van der Waals surface area contributed by atoms with Crippen LogP contribution in [0.25, 0.3) is 11.4 Å². The SMILES string of the molecule is CCN(CC)c1ccc(-c2nc3n(n2)C(c2cccs2)C(C(N)=O)=C(C)N3)cc1. The minimum Gasteiger partial charge on any atom is -0.372 e. The van der Waals surface area contributed by atoms with Crippen molar-refractivity contribution in [1.82, 2.24) is 14.8 Å². The topological polar surface area (TPSA) is 89.1 Å². The van der Waals surface area contributed by atoms with Gasteiger partial charge in [0.15, 0.2) is 5.82 Å². The maximum absolute atomic E-state index is 12.2. The second-order valence-corrected chi connectivity index (χ2v) is 7.85. The van der Waals surface area contributed by atoms with E-state index in [0.29, 0.717) is 23.0 Å². The van der Waals surface area contributed by atoms with Gasteiger partial charge in [0.05, 0.1) is 5.57 Å². The number of benzene rings is 1. The highest BCUT2D eigenvalue weighted by Gasteiger charge is 2.33. The largest absolute Gasteiger partial charge is 0.372 e. The monoisotopic (exact) mass is 408 g/mol. The molecule has 3 N–H and O–H groups in total. The van der Waals surface area contributed by atoms with Crippen LogP contribution in [0.4, 0.5) is 11.6 Å². The Morgan fingerprint density at radius 2 is 1.97 bits per heavy atom. The lowest BCUT2D eigenvalue weighted by atomic mass is 10.0. The van der Waals surface area contributed by atoms with E-state index >= 15 is 0 Å². The van der Waals surface area contributed by atoms with Crippen LogP contribution in [-0.2, 0) is 4.79 Å². The number of carbonyl (C=O) groups is 1. The molecule has 0 aliphatic carbocycles. The predicted octanol–water partition coefficient (Wildman–Crippen LogP) is 3.63. The molecule has 1 amide bonds. The fourth-order valence-electron chi connectivity index (χ4n) is 3.71. The van der Waals surface area contributed by atoms with Crippen molar-refractivity contribution in [2.24, 2.45) is 5.73 Å². The first-order chi connectivity index (χ1) is 14.0. The lowest BCUT2D eigenvalue weighted by Gasteiger charge is -2.26. The molecule has 150 valence electrons. The van der Waals surface area contributed by atoms with E-state index in [9.17, 15) is 4.79 Å². The van der Waals surface area contributed by atoms with Crippen LogP contribution in [-0.4, -0.2) is 33.8 Å². The fourth-order valence-corrected chi connectivity index (χ4v) is 4.53. The lowest BCUT2D eigenvalue weighted by Crippen LogP contribution is -2.31. The fraction of sp³-hybridized carbons (Fsp3) is 0.286. The minimum absolute atomic E-state index is 0.375. The van der Waals surface area contributed by atoms with Crippen molar-refractivity contribution in [3.05, 3.63) is 57.9 Å². The average Bonchev–Trinajstić information content (AvgIpc) is 3.38. The molecule has 7 nitrogen and oxygen atoms in total. The zero-order valence-electron chi connectivity index (χ0n) is 16.7. The Morgan fingerprint density at radius 3 is 2.55 bits per heavy atom. The number of allylic oxidation sites excluding steroid dienone is 1. The molecular weight excluding hydrogens is 384 g/mol. The Bertz CT molecular complexity index is 1050. The number of nitrogens with zero attached hydrogens (tertiary/aromatic N) is 4. The first kappa shape index (κ1) is 19.2. The molecule has 0 bridgehead atoms. The Morgan fingerprint density at radius 1 is 1.24 bits per heavy atom. The molecule has 1 aliphatic rings. The number of thiophene rings is 1. The summed E-state index contributed by atoms with van der Waals surface area (Å²) in [5, 5.41) is 9.90. The van der Waals surface area contributed by atoms with Gasteiger partial charge in [-0.25, -0.2) is 4.68 Å². The van der Waals surface area contributed by atoms with E-state index in [2.05, 4.69) is 41.2 Å². The lowest BCUT2D eigenvalue weighted by molar-refractivity contribution is -0.115. The number of anilines is 2. The number of nitrogens with one attached hydrogen (secondary N) is 1. The van der Waals surface area contributed by atoms with Crippen molar-refractivity contribution in [3.63, 3.8) is 0 Å². The highest BCUT2D eigenvalue weighted by Crippen LogP contribution is 2.37. The van der Waals surface area contributed by atoms with Gasteiger partial charge in [-0.05, 0) is 56.5 Å². The van der Waals surface area contributed by atoms with Crippen molar-refractivity contribution in [2.45, 2.75) is 26.8 Å². The molecule has 29 heavy (non-hydrogen) atoms. The maximum atomic E-state index is 12.2. The van der Waals surface area contributed by atoms with Crippen LogP contribution >= 0.6 is 11.3 Å². The minimum atomic E-state index is -0.459. The van der Waals surface area contributed by atoms with Gasteiger partial charge in [-0.1, -0.05) is 6.07 Å². The standard InChI is InChI=1S/C21H24N6OS/c1-4-26(5-2)15-10-8-14(9-11-15)20-24-21-23-13(3)17(19(22)28)18(27(21)25-20)16-7-6-12-29-16/h6-12,18H,4-5H2,1-3H3,(H2,22,28)(H,23,24,25). The highest BCUT2D eigenvalue weighted by molar-refractivity contribution is 7.10. The number of carbonyl (C=O) groups excluding carboxylic acids is 1. The number of amides is 1. The number of hydrogen-bond donors (Lipinski definition) is 2. The van der Waals surface area contributed by atoms with Crippen molar-refractivity contribution in [2.75, 3.05) is 23.3 Å². The van der Waals surface area contributed by atoms with Crippen molar-refractivity contribution in [3.8, 4) is 11.4 Å². The van der Waals surface area contributed by atoms with Crippen LogP contribution in [0.5, 0.6) is 0 Å². The molecule has 0 saturated carbocycles. The average molecular weight is 409 g/mol. The third-order valence-electron chi connectivity index (χ3n) is 5.18. The molecule has 3 aromatic rings. The molecule has 3 heterocycles. The van der Waals surface area contributed by atoms with Gasteiger partial charge in [-0.3, -0.25) is 4.79 Å². The molecule has 0 fully saturated rings. The van der Waals surface area contributed by atoms with E-state index in [0.717, 1.165) is 23.5 Å². The van der Waals surface area contributed by atoms with Gasteiger partial charge in [0.25, 0.3) is 0 Å². The zero-order chi connectivity index (χ0) is 20.5. The number of rotatable bonds is 6. The Balaban J connectivity index is 1.74. The molecule has 8 heteroatoms. The summed E-state index contributed by atoms with van der Waals surface area (Å²) in [7, 11) is 0. The molecule has 4 rings (SSSR count). The second kappa shape index (κ2) is 7.71. The number of hydrogen-bond acceptors (Lipinski definition) is 6. The number of primary amides is 1. The molecule has 0 spiro atoms. The first-order valence-corrected chi connectivity index (χ1v) is 10.5. The quantitative estimate of drug-likeness (QED) is 0.650. The third kappa shape index (κ3) is 3.40. The van der Waals surface area contributed by atoms with Gasteiger partial charge in [-0.2, -0.15) is 4.98 Å². The number of fused-ring (bicyclic) bond motifs is 1. The summed E-state index contributed by atoms with van der Waals surface area (Å²) < 4.78 is 1.76. The molecular formula is C21H24N6OS. The van der Waals surface area contributed by atoms with Crippen LogP contribution in [0.15, 0.2) is 53.0 Å². The summed E-state index contributed by atoms with van der Waals surface area (Å²) in [6.07, 6.45) is 0. The predicted molar refractivity (Wildman–Crippen MR) is 117 cm³/mol. The van der Waals surface area contributed by atoms with Gasteiger partial charge in [-0.15, -0.1) is 16.4 Å². The number of aromatic nitrogens is 3. The van der Waals surface area contributed by atoms with E-state index in [1.165, 1.54) is 5.69 Å². The van der Waals surface area contributed by atoms with Gasteiger partial charge >= 0.3 is 0 Å². The summed E-state index contributed by atoms with van der Waals surface area (Å²) in [6.45, 7) is 8.05. The van der Waals surface area contributed by atoms with Crippen LogP contribution in [0.2, 0.25) is 0 Å². The van der Waals surface area contributed by atoms with Crippen LogP contribution in [0.1, 0.15) is 31.7 Å². The van der Waals surface area contributed by atoms with E-state index in [1.54, 1.807) is 16.0 Å². The van der Waals surface area contributed by atoms with Gasteiger partial charge in [0, 0.05) is 34.9 Å². The summed E-state index contributed by atoms with van der Waals surface area (Å²) in [5.74, 6) is 0.757. The van der Waals surface area contributed by atoms with Gasteiger partial charge in [0.2, 0.25) is 11.9 Å². The van der Waals surface area contributed by atoms with Crippen LogP contribution in [0, 0.1) is 0 Å². The maximum Gasteiger partial charge on any atom is 0.248 e. The molecule has 2 aromatic heterocycles. The summed E-state index contributed by atoms with van der Waals surface area (Å²) >= 11 is 1.57. The summed E-state index contributed by atoms with van der Waals surface area (Å²) in [4.78, 5) is 20.1. The Hall–Kier alpha value is -3.13. The Kier molecular flexibility index (Phi) is 5.10. The molecule has 1 aromatic carbocycles. The smallest absolute Gasteiger partial charge is 0.248 e. The van der Waals surface area contributed by atoms with E-state index < -0.39 is 5.91 Å². The van der Waals surface area contributed by atoms with Crippen molar-refractivity contribution >= 4 is 28.9 Å². The second-order valence-electron chi connectivity index (χ2n) is 6.87. The molecule has 0 radical (unpaired) electrons. The molecule has 0 saturated heterocycles. The first-order valence-electron chi connectivity index (χ1n) is 9.66. The van der Waals surface area contributed by atoms with Crippen molar-refractivity contribution < 1.29 is 4.79 Å². The van der Waals surface area contributed by atoms with E-state index in [1.807, 2.05) is 36.6 Å². The normalized spacial score (nSPS) is 15.8. The highest BCUT2D eigenvalue weighted by atomic mass is 32.1. The summed E-state index contributed by atoms with van der Waals surface area (Å²) in [6, 6.07) is 11.8. The molecule has 1 aliphatic heterocycles. The molecule has 1 atom stereocenters. The van der Waals surface area contributed by atoms with E-state index in [4.69, 9.17) is 10.8 Å². The Labute approximate surface area is 173 Å². The van der Waals surface area contributed by atoms with Crippen molar-refractivity contribution in [1.29, 1.82) is 0 Å². The van der Waals surface area contributed by atoms with Crippen LogP contribution < -0.4 is 16.0 Å². The number of nitrogens with two attached hydrogens (primary N) is 1. The van der Waals surface area contributed by atoms with Crippen LogP contribution in [0.3, 0.4) is 0 Å². The van der Waals surface area contributed by atoms with E-state index in [-0.39, 0.29) is 6.04 Å². The van der Waals surface area contributed by atoms with Gasteiger partial charge < -0.3 is 16.0 Å².